The lowest BCUT2D eigenvalue weighted by Crippen LogP contribution is -2.51. The maximum absolute atomic E-state index is 13.3. The van der Waals surface area contributed by atoms with Crippen LogP contribution in [0.15, 0.2) is 42.5 Å². The van der Waals surface area contributed by atoms with E-state index < -0.39 is 5.72 Å². The predicted octanol–water partition coefficient (Wildman–Crippen LogP) is 2.52. The average molecular weight is 482 g/mol. The Kier molecular flexibility index (Phi) is 7.56. The number of aromatic amines is 1. The highest BCUT2D eigenvalue weighted by Gasteiger charge is 2.41. The highest BCUT2D eigenvalue weighted by Crippen LogP contribution is 2.40. The number of aromatic nitrogens is 4. The molecule has 2 heterocycles. The van der Waals surface area contributed by atoms with E-state index in [1.807, 2.05) is 0 Å². The van der Waals surface area contributed by atoms with E-state index in [1.165, 1.54) is 6.92 Å². The minimum Gasteiger partial charge on any atom is -0.494 e. The van der Waals surface area contributed by atoms with E-state index >= 15 is 0 Å². The lowest BCUT2D eigenvalue weighted by atomic mass is 10.0. The Morgan fingerprint density at radius 3 is 2.57 bits per heavy atom. The van der Waals surface area contributed by atoms with Gasteiger partial charge in [0.1, 0.15) is 12.4 Å². The van der Waals surface area contributed by atoms with Gasteiger partial charge >= 0.3 is 5.97 Å². The molecular weight excluding hydrogens is 454 g/mol. The number of esters is 1. The van der Waals surface area contributed by atoms with Crippen LogP contribution in [-0.4, -0.2) is 52.2 Å². The second-order valence-electron chi connectivity index (χ2n) is 8.12. The molecule has 1 aliphatic heterocycles. The molecule has 2 aromatic carbocycles. The lowest BCUT2D eigenvalue weighted by molar-refractivity contribution is -0.141. The standard InChI is InChI=1S/C24H27N5O6/c1-16(30)32-13-4-2-3-5-14-33-18-11-9-17(10-12-18)21(31)19-7-6-8-20-22(19)35-24(25,15-34-20)23-26-28-29-27-23/h6-12H,2-5,13-15,25H2,1H3,(H,26,27,28,29). The van der Waals surface area contributed by atoms with E-state index in [0.717, 1.165) is 25.7 Å². The Morgan fingerprint density at radius 1 is 1.09 bits per heavy atom. The molecule has 4 rings (SSSR count). The fourth-order valence-corrected chi connectivity index (χ4v) is 3.59. The Labute approximate surface area is 201 Å². The number of hydrogen-bond acceptors (Lipinski definition) is 10. The van der Waals surface area contributed by atoms with Crippen molar-refractivity contribution >= 4 is 11.8 Å². The first-order valence-corrected chi connectivity index (χ1v) is 11.3. The number of fused-ring (bicyclic) bond motifs is 1. The number of ketones is 1. The Balaban J connectivity index is 1.34. The monoisotopic (exact) mass is 481 g/mol. The van der Waals surface area contributed by atoms with Crippen molar-refractivity contribution < 1.29 is 28.5 Å². The maximum atomic E-state index is 13.3. The molecule has 11 heteroatoms. The van der Waals surface area contributed by atoms with Gasteiger partial charge in [0.15, 0.2) is 17.3 Å². The van der Waals surface area contributed by atoms with Crippen molar-refractivity contribution in [1.29, 1.82) is 0 Å². The topological polar surface area (TPSA) is 152 Å². The van der Waals surface area contributed by atoms with Crippen LogP contribution in [0.2, 0.25) is 0 Å². The molecule has 35 heavy (non-hydrogen) atoms. The number of tetrazole rings is 1. The summed E-state index contributed by atoms with van der Waals surface area (Å²) in [6.45, 7) is 2.41. The van der Waals surface area contributed by atoms with Crippen LogP contribution in [0.5, 0.6) is 17.2 Å². The van der Waals surface area contributed by atoms with Crippen LogP contribution >= 0.6 is 0 Å². The molecule has 0 aliphatic carbocycles. The zero-order chi connectivity index (χ0) is 24.7. The third-order valence-corrected chi connectivity index (χ3v) is 5.43. The number of H-pyrrole nitrogens is 1. The van der Waals surface area contributed by atoms with Crippen LogP contribution in [0.3, 0.4) is 0 Å². The molecular formula is C24H27N5O6. The number of hydrogen-bond donors (Lipinski definition) is 2. The molecule has 0 spiro atoms. The third kappa shape index (κ3) is 5.93. The molecule has 1 aliphatic rings. The van der Waals surface area contributed by atoms with Crippen LogP contribution in [0.4, 0.5) is 0 Å². The summed E-state index contributed by atoms with van der Waals surface area (Å²) in [6.07, 6.45) is 3.67. The molecule has 3 aromatic rings. The van der Waals surface area contributed by atoms with Gasteiger partial charge in [0, 0.05) is 12.5 Å². The number of para-hydroxylation sites is 1. The van der Waals surface area contributed by atoms with Crippen molar-refractivity contribution in [3.05, 3.63) is 59.4 Å². The first-order chi connectivity index (χ1) is 17.0. The number of benzene rings is 2. The summed E-state index contributed by atoms with van der Waals surface area (Å²) in [6, 6.07) is 12.0. The van der Waals surface area contributed by atoms with Gasteiger partial charge in [-0.05, 0) is 72.5 Å². The van der Waals surface area contributed by atoms with Crippen LogP contribution in [0.1, 0.15) is 54.4 Å². The highest BCUT2D eigenvalue weighted by atomic mass is 16.6. The number of unbranched alkanes of at least 4 members (excludes halogenated alkanes) is 3. The minimum absolute atomic E-state index is 0.0211. The van der Waals surface area contributed by atoms with Crippen molar-refractivity contribution in [1.82, 2.24) is 20.6 Å². The second kappa shape index (κ2) is 11.0. The molecule has 1 atom stereocenters. The molecule has 1 aromatic heterocycles. The number of rotatable bonds is 11. The van der Waals surface area contributed by atoms with Crippen molar-refractivity contribution in [3.63, 3.8) is 0 Å². The quantitative estimate of drug-likeness (QED) is 0.237. The molecule has 11 nitrogen and oxygen atoms in total. The summed E-state index contributed by atoms with van der Waals surface area (Å²) >= 11 is 0. The van der Waals surface area contributed by atoms with E-state index in [2.05, 4.69) is 20.6 Å². The molecule has 0 fully saturated rings. The van der Waals surface area contributed by atoms with Crippen LogP contribution < -0.4 is 19.9 Å². The van der Waals surface area contributed by atoms with Gasteiger partial charge in [-0.2, -0.15) is 0 Å². The van der Waals surface area contributed by atoms with Gasteiger partial charge in [-0.1, -0.05) is 6.07 Å². The van der Waals surface area contributed by atoms with Gasteiger partial charge in [0.05, 0.1) is 18.8 Å². The summed E-state index contributed by atoms with van der Waals surface area (Å²) in [4.78, 5) is 24.0. The molecule has 0 saturated carbocycles. The predicted molar refractivity (Wildman–Crippen MR) is 123 cm³/mol. The summed E-state index contributed by atoms with van der Waals surface area (Å²) in [5.74, 6) is 1.02. The van der Waals surface area contributed by atoms with E-state index in [1.54, 1.807) is 42.5 Å². The van der Waals surface area contributed by atoms with Crippen LogP contribution in [0, 0.1) is 0 Å². The van der Waals surface area contributed by atoms with Crippen molar-refractivity contribution in [3.8, 4) is 17.2 Å². The van der Waals surface area contributed by atoms with Crippen LogP contribution in [0.25, 0.3) is 0 Å². The SMILES string of the molecule is CC(=O)OCCCCCCOc1ccc(C(=O)c2cccc3c2OC(N)(c2nnn[nH]2)CO3)cc1. The summed E-state index contributed by atoms with van der Waals surface area (Å²) in [5.41, 5.74) is 5.63. The van der Waals surface area contributed by atoms with Gasteiger partial charge in [0.25, 0.3) is 5.72 Å². The normalized spacial score (nSPS) is 16.5. The van der Waals surface area contributed by atoms with Gasteiger partial charge < -0.3 is 18.9 Å². The second-order valence-corrected chi connectivity index (χ2v) is 8.12. The molecule has 1 unspecified atom stereocenters. The maximum Gasteiger partial charge on any atom is 0.302 e. The largest absolute Gasteiger partial charge is 0.494 e. The Hall–Kier alpha value is -3.99. The number of nitrogens with two attached hydrogens (primary N) is 1. The number of nitrogens with one attached hydrogen (secondary N) is 1. The van der Waals surface area contributed by atoms with E-state index in [-0.39, 0.29) is 29.9 Å². The first-order valence-electron chi connectivity index (χ1n) is 11.3. The summed E-state index contributed by atoms with van der Waals surface area (Å²) < 4.78 is 22.4. The zero-order valence-electron chi connectivity index (χ0n) is 19.4. The smallest absolute Gasteiger partial charge is 0.302 e. The highest BCUT2D eigenvalue weighted by molar-refractivity contribution is 6.11. The summed E-state index contributed by atoms with van der Waals surface area (Å²) in [7, 11) is 0. The summed E-state index contributed by atoms with van der Waals surface area (Å²) in [5, 5.41) is 13.5. The van der Waals surface area contributed by atoms with Gasteiger partial charge in [-0.3, -0.25) is 15.3 Å². The lowest BCUT2D eigenvalue weighted by Gasteiger charge is -2.33. The number of carbonyl (C=O) groups excluding carboxylic acids is 2. The number of nitrogens with zero attached hydrogens (tertiary/aromatic N) is 3. The van der Waals surface area contributed by atoms with Crippen LogP contribution in [-0.2, 0) is 15.3 Å². The zero-order valence-corrected chi connectivity index (χ0v) is 19.4. The van der Waals surface area contributed by atoms with E-state index in [9.17, 15) is 9.59 Å². The van der Waals surface area contributed by atoms with Crippen molar-refractivity contribution in [2.75, 3.05) is 19.8 Å². The van der Waals surface area contributed by atoms with Gasteiger partial charge in [-0.25, -0.2) is 5.10 Å². The fourth-order valence-electron chi connectivity index (χ4n) is 3.59. The molecule has 0 bridgehead atoms. The molecule has 0 saturated heterocycles. The molecule has 0 amide bonds. The molecule has 184 valence electrons. The van der Waals surface area contributed by atoms with E-state index in [0.29, 0.717) is 35.8 Å². The number of carbonyl (C=O) groups is 2. The van der Waals surface area contributed by atoms with Crippen molar-refractivity contribution in [2.45, 2.75) is 38.3 Å². The third-order valence-electron chi connectivity index (χ3n) is 5.43. The average Bonchev–Trinajstić information content (AvgIpc) is 3.41. The first kappa shape index (κ1) is 24.1. The Morgan fingerprint density at radius 2 is 1.86 bits per heavy atom. The number of ether oxygens (including phenoxy) is 4. The Bertz CT molecular complexity index is 1150. The van der Waals surface area contributed by atoms with Gasteiger partial charge in [0.2, 0.25) is 5.82 Å². The van der Waals surface area contributed by atoms with E-state index in [4.69, 9.17) is 24.7 Å². The van der Waals surface area contributed by atoms with Gasteiger partial charge in [-0.15, -0.1) is 5.10 Å². The molecule has 0 radical (unpaired) electrons. The minimum atomic E-state index is -1.45. The molecule has 3 N–H and O–H groups in total. The fraction of sp³-hybridized carbons (Fsp3) is 0.375. The van der Waals surface area contributed by atoms with Crippen molar-refractivity contribution in [2.24, 2.45) is 5.73 Å².